The fraction of sp³-hybridized carbons (Fsp3) is 0.227. The summed E-state index contributed by atoms with van der Waals surface area (Å²) < 4.78 is 38.4. The van der Waals surface area contributed by atoms with E-state index in [1.807, 2.05) is 11.6 Å². The Bertz CT molecular complexity index is 1300. The summed E-state index contributed by atoms with van der Waals surface area (Å²) in [4.78, 5) is 4.29. The van der Waals surface area contributed by atoms with E-state index >= 15 is 0 Å². The molecule has 0 amide bonds. The van der Waals surface area contributed by atoms with Gasteiger partial charge in [0.05, 0.1) is 29.5 Å². The maximum absolute atomic E-state index is 14.8. The van der Waals surface area contributed by atoms with Crippen molar-refractivity contribution in [2.24, 2.45) is 0 Å². The second-order valence-corrected chi connectivity index (χ2v) is 7.43. The monoisotopic (exact) mass is 422 g/mol. The van der Waals surface area contributed by atoms with Gasteiger partial charge in [-0.2, -0.15) is 10.2 Å². The zero-order valence-electron chi connectivity index (χ0n) is 17.0. The van der Waals surface area contributed by atoms with Crippen molar-refractivity contribution < 1.29 is 13.5 Å². The third kappa shape index (κ3) is 3.13. The molecule has 0 aliphatic carbocycles. The van der Waals surface area contributed by atoms with Crippen LogP contribution in [0.15, 0.2) is 42.9 Å². The van der Waals surface area contributed by atoms with Gasteiger partial charge in [-0.05, 0) is 38.1 Å². The molecule has 4 aromatic rings. The zero-order chi connectivity index (χ0) is 21.7. The first kappa shape index (κ1) is 19.2. The molecule has 2 N–H and O–H groups in total. The van der Waals surface area contributed by atoms with Crippen LogP contribution in [0.1, 0.15) is 36.8 Å². The molecule has 9 heteroatoms. The Balaban J connectivity index is 1.82. The number of hydrogen-bond acceptors (Lipinski definition) is 5. The van der Waals surface area contributed by atoms with Gasteiger partial charge in [0, 0.05) is 35.9 Å². The Kier molecular flexibility index (Phi) is 4.46. The fourth-order valence-electron chi connectivity index (χ4n) is 4.01. The maximum atomic E-state index is 14.8. The number of nitrogen functional groups attached to an aromatic ring is 1. The topological polar surface area (TPSA) is 83.8 Å². The van der Waals surface area contributed by atoms with E-state index in [4.69, 9.17) is 10.5 Å². The van der Waals surface area contributed by atoms with E-state index in [0.29, 0.717) is 29.2 Å². The van der Waals surface area contributed by atoms with Gasteiger partial charge >= 0.3 is 0 Å². The highest BCUT2D eigenvalue weighted by Gasteiger charge is 2.24. The van der Waals surface area contributed by atoms with Crippen LogP contribution in [-0.4, -0.2) is 24.5 Å². The second kappa shape index (κ2) is 7.19. The highest BCUT2D eigenvalue weighted by molar-refractivity contribution is 5.68. The van der Waals surface area contributed by atoms with Crippen LogP contribution in [0.25, 0.3) is 16.9 Å². The molecule has 1 unspecified atom stereocenters. The van der Waals surface area contributed by atoms with Crippen molar-refractivity contribution >= 4 is 5.82 Å². The van der Waals surface area contributed by atoms with Crippen LogP contribution < -0.4 is 10.5 Å². The van der Waals surface area contributed by atoms with E-state index in [1.165, 1.54) is 16.8 Å². The van der Waals surface area contributed by atoms with E-state index in [0.717, 1.165) is 23.0 Å². The second-order valence-electron chi connectivity index (χ2n) is 7.43. The highest BCUT2D eigenvalue weighted by atomic mass is 19.1. The van der Waals surface area contributed by atoms with Gasteiger partial charge in [-0.3, -0.25) is 4.68 Å². The van der Waals surface area contributed by atoms with Crippen molar-refractivity contribution in [3.8, 4) is 22.7 Å². The number of fused-ring (bicyclic) bond motifs is 7. The molecule has 158 valence electrons. The number of benzene rings is 1. The zero-order valence-corrected chi connectivity index (χ0v) is 17.0. The molecule has 3 aromatic heterocycles. The summed E-state index contributed by atoms with van der Waals surface area (Å²) in [6, 6.07) is 6.04. The molecule has 0 fully saturated rings. The molecule has 0 radical (unpaired) electrons. The number of rotatable bonds is 1. The lowest BCUT2D eigenvalue weighted by molar-refractivity contribution is 0.226. The van der Waals surface area contributed by atoms with Crippen molar-refractivity contribution in [3.05, 3.63) is 71.3 Å². The molecule has 2 bridgehead atoms. The predicted octanol–water partition coefficient (Wildman–Crippen LogP) is 4.06. The van der Waals surface area contributed by atoms with Crippen LogP contribution in [0.4, 0.5) is 14.6 Å². The maximum Gasteiger partial charge on any atom is 0.166 e. The molecule has 1 aliphatic heterocycles. The molecule has 0 saturated heterocycles. The first-order valence-corrected chi connectivity index (χ1v) is 9.95. The Hall–Kier alpha value is -3.75. The Morgan fingerprint density at radius 3 is 2.81 bits per heavy atom. The number of aryl methyl sites for hydroxylation is 1. The molecule has 1 aliphatic rings. The Labute approximate surface area is 177 Å². The van der Waals surface area contributed by atoms with Crippen molar-refractivity contribution in [1.29, 1.82) is 0 Å². The number of nitrogens with two attached hydrogens (primary N) is 1. The average Bonchev–Trinajstić information content (AvgIpc) is 3.33. The van der Waals surface area contributed by atoms with E-state index in [1.54, 1.807) is 31.5 Å². The van der Waals surface area contributed by atoms with Gasteiger partial charge in [0.1, 0.15) is 11.9 Å². The van der Waals surface area contributed by atoms with E-state index in [-0.39, 0.29) is 12.2 Å². The van der Waals surface area contributed by atoms with E-state index in [2.05, 4.69) is 15.2 Å². The first-order chi connectivity index (χ1) is 15.0. The van der Waals surface area contributed by atoms with Crippen molar-refractivity contribution in [2.45, 2.75) is 32.9 Å². The lowest BCUT2D eigenvalue weighted by Gasteiger charge is -2.21. The third-order valence-corrected chi connectivity index (χ3v) is 5.51. The smallest absolute Gasteiger partial charge is 0.166 e. The molecule has 31 heavy (non-hydrogen) atoms. The van der Waals surface area contributed by atoms with Gasteiger partial charge in [-0.15, -0.1) is 0 Å². The molecule has 1 atom stereocenters. The summed E-state index contributed by atoms with van der Waals surface area (Å²) in [5.41, 5.74) is 9.82. The van der Waals surface area contributed by atoms with E-state index in [9.17, 15) is 8.78 Å². The summed E-state index contributed by atoms with van der Waals surface area (Å²) in [7, 11) is 0. The molecule has 1 aromatic carbocycles. The number of halogens is 2. The minimum atomic E-state index is -0.597. The largest absolute Gasteiger partial charge is 0.482 e. The number of pyridine rings is 1. The average molecular weight is 422 g/mol. The summed E-state index contributed by atoms with van der Waals surface area (Å²) in [6.45, 7) is 4.37. The van der Waals surface area contributed by atoms with Crippen LogP contribution in [0.5, 0.6) is 5.75 Å². The van der Waals surface area contributed by atoms with Crippen LogP contribution in [0.2, 0.25) is 0 Å². The number of ether oxygens (including phenoxy) is 1. The van der Waals surface area contributed by atoms with Gasteiger partial charge in [0.2, 0.25) is 0 Å². The van der Waals surface area contributed by atoms with Crippen LogP contribution in [-0.2, 0) is 13.0 Å². The minimum Gasteiger partial charge on any atom is -0.482 e. The van der Waals surface area contributed by atoms with E-state index < -0.39 is 17.7 Å². The minimum absolute atomic E-state index is 0.223. The molecule has 0 saturated carbocycles. The quantitative estimate of drug-likeness (QED) is 0.500. The highest BCUT2D eigenvalue weighted by Crippen LogP contribution is 2.36. The molecule has 7 nitrogen and oxygen atoms in total. The molecular formula is C22H20F2N6O. The fourth-order valence-corrected chi connectivity index (χ4v) is 4.01. The SMILES string of the molecule is CCn1ncc2c1-c1cnc(N)c(c1)OC(C)c1cc(F)ccc1-n1ncc(F)c1C2. The van der Waals surface area contributed by atoms with Crippen molar-refractivity contribution in [1.82, 2.24) is 24.5 Å². The van der Waals surface area contributed by atoms with Gasteiger partial charge in [-0.1, -0.05) is 0 Å². The van der Waals surface area contributed by atoms with Gasteiger partial charge in [-0.25, -0.2) is 18.4 Å². The number of nitrogens with zero attached hydrogens (tertiary/aromatic N) is 5. The van der Waals surface area contributed by atoms with Crippen molar-refractivity contribution in [3.63, 3.8) is 0 Å². The standard InChI is InChI=1S/C22H20F2N6O/c1-3-29-21-13(10-27-29)6-19-17(24)11-28-30(19)18-5-4-15(23)8-16(18)12(2)31-20-7-14(21)9-26-22(20)25/h4-5,7-12H,3,6H2,1-2H3,(H2,25,26). The number of hydrogen-bond donors (Lipinski definition) is 1. The lowest BCUT2D eigenvalue weighted by Crippen LogP contribution is -2.14. The van der Waals surface area contributed by atoms with Gasteiger partial charge in [0.15, 0.2) is 17.4 Å². The molecule has 5 rings (SSSR count). The summed E-state index contributed by atoms with van der Waals surface area (Å²) in [5, 5.41) is 8.69. The normalized spacial score (nSPS) is 15.2. The Morgan fingerprint density at radius 2 is 2.00 bits per heavy atom. The Morgan fingerprint density at radius 1 is 1.16 bits per heavy atom. The number of aromatic nitrogens is 5. The summed E-state index contributed by atoms with van der Waals surface area (Å²) >= 11 is 0. The molecule has 4 heterocycles. The van der Waals surface area contributed by atoms with Crippen molar-refractivity contribution in [2.75, 3.05) is 5.73 Å². The number of anilines is 1. The third-order valence-electron chi connectivity index (χ3n) is 5.51. The predicted molar refractivity (Wildman–Crippen MR) is 111 cm³/mol. The van der Waals surface area contributed by atoms with Gasteiger partial charge < -0.3 is 10.5 Å². The summed E-state index contributed by atoms with van der Waals surface area (Å²) in [6.07, 6.45) is 4.17. The first-order valence-electron chi connectivity index (χ1n) is 9.95. The summed E-state index contributed by atoms with van der Waals surface area (Å²) in [5.74, 6) is -0.281. The lowest BCUT2D eigenvalue weighted by atomic mass is 10.0. The van der Waals surface area contributed by atoms with Crippen LogP contribution in [0, 0.1) is 11.6 Å². The molecular weight excluding hydrogens is 402 g/mol. The van der Waals surface area contributed by atoms with Gasteiger partial charge in [0.25, 0.3) is 0 Å². The van der Waals surface area contributed by atoms with Crippen LogP contribution >= 0.6 is 0 Å². The van der Waals surface area contributed by atoms with Crippen LogP contribution in [0.3, 0.4) is 0 Å². The molecule has 0 spiro atoms.